The highest BCUT2D eigenvalue weighted by Gasteiger charge is 2.27. The molecule has 1 N–H and O–H groups in total. The van der Waals surface area contributed by atoms with Crippen LogP contribution in [-0.4, -0.2) is 36.3 Å². The van der Waals surface area contributed by atoms with Crippen LogP contribution in [0.25, 0.3) is 0 Å². The van der Waals surface area contributed by atoms with E-state index in [1.54, 1.807) is 23.1 Å². The summed E-state index contributed by atoms with van der Waals surface area (Å²) in [6.45, 7) is 3.76. The SMILES string of the molecule is CCNC(=O)C1CCN(C(=O)c2cc(Cl)cc(Br)c2)CC1. The number of piperidine rings is 1. The van der Waals surface area contributed by atoms with Gasteiger partial charge in [0.2, 0.25) is 5.91 Å². The number of carbonyl (C=O) groups excluding carboxylic acids is 2. The predicted molar refractivity (Wildman–Crippen MR) is 86.5 cm³/mol. The molecule has 0 bridgehead atoms. The molecule has 0 aliphatic carbocycles. The standard InChI is InChI=1S/C15H18BrClN2O2/c1-2-18-14(20)10-3-5-19(6-4-10)15(21)11-7-12(16)9-13(17)8-11/h7-10H,2-6H2,1H3,(H,18,20). The number of nitrogens with zero attached hydrogens (tertiary/aromatic N) is 1. The molecular weight excluding hydrogens is 356 g/mol. The minimum Gasteiger partial charge on any atom is -0.356 e. The van der Waals surface area contributed by atoms with Gasteiger partial charge in [0.1, 0.15) is 0 Å². The second-order valence-electron chi connectivity index (χ2n) is 5.12. The van der Waals surface area contributed by atoms with Gasteiger partial charge in [-0.05, 0) is 38.0 Å². The Kier molecular flexibility index (Phi) is 5.65. The highest BCUT2D eigenvalue weighted by atomic mass is 79.9. The van der Waals surface area contributed by atoms with Crippen LogP contribution >= 0.6 is 27.5 Å². The number of hydrogen-bond acceptors (Lipinski definition) is 2. The molecule has 1 heterocycles. The normalized spacial score (nSPS) is 15.9. The van der Waals surface area contributed by atoms with Gasteiger partial charge in [-0.25, -0.2) is 0 Å². The molecule has 1 aromatic rings. The lowest BCUT2D eigenvalue weighted by molar-refractivity contribution is -0.126. The molecule has 0 saturated carbocycles. The Morgan fingerprint density at radius 1 is 1.33 bits per heavy atom. The van der Waals surface area contributed by atoms with E-state index >= 15 is 0 Å². The van der Waals surface area contributed by atoms with Gasteiger partial charge in [0, 0.05) is 40.6 Å². The highest BCUT2D eigenvalue weighted by Crippen LogP contribution is 2.23. The van der Waals surface area contributed by atoms with E-state index in [9.17, 15) is 9.59 Å². The minimum atomic E-state index is -0.0347. The first kappa shape index (κ1) is 16.3. The fourth-order valence-corrected chi connectivity index (χ4v) is 3.38. The first-order valence-electron chi connectivity index (χ1n) is 7.04. The molecule has 2 amide bonds. The molecule has 114 valence electrons. The number of likely N-dealkylation sites (tertiary alicyclic amines) is 1. The van der Waals surface area contributed by atoms with E-state index in [0.717, 1.165) is 4.47 Å². The molecule has 1 aliphatic heterocycles. The highest BCUT2D eigenvalue weighted by molar-refractivity contribution is 9.10. The molecule has 1 aliphatic rings. The molecule has 0 spiro atoms. The van der Waals surface area contributed by atoms with Crippen LogP contribution in [0.15, 0.2) is 22.7 Å². The number of rotatable bonds is 3. The second kappa shape index (κ2) is 7.27. The van der Waals surface area contributed by atoms with Crippen LogP contribution in [0.5, 0.6) is 0 Å². The third-order valence-electron chi connectivity index (χ3n) is 3.61. The number of benzene rings is 1. The van der Waals surface area contributed by atoms with Crippen molar-refractivity contribution in [1.29, 1.82) is 0 Å². The summed E-state index contributed by atoms with van der Waals surface area (Å²) in [4.78, 5) is 26.0. The van der Waals surface area contributed by atoms with Gasteiger partial charge in [-0.3, -0.25) is 9.59 Å². The molecule has 0 atom stereocenters. The molecule has 4 nitrogen and oxygen atoms in total. The molecule has 1 fully saturated rings. The van der Waals surface area contributed by atoms with Crippen molar-refractivity contribution in [3.8, 4) is 0 Å². The number of carbonyl (C=O) groups is 2. The zero-order valence-corrected chi connectivity index (χ0v) is 14.2. The van der Waals surface area contributed by atoms with Gasteiger partial charge in [0.05, 0.1) is 0 Å². The van der Waals surface area contributed by atoms with E-state index in [-0.39, 0.29) is 17.7 Å². The van der Waals surface area contributed by atoms with Crippen LogP contribution < -0.4 is 5.32 Å². The lowest BCUT2D eigenvalue weighted by atomic mass is 9.95. The lowest BCUT2D eigenvalue weighted by Gasteiger charge is -2.31. The minimum absolute atomic E-state index is 0.0140. The van der Waals surface area contributed by atoms with Gasteiger partial charge in [0.15, 0.2) is 0 Å². The molecule has 0 radical (unpaired) electrons. The Labute approximate surface area is 138 Å². The summed E-state index contributed by atoms with van der Waals surface area (Å²) in [5.41, 5.74) is 0.575. The summed E-state index contributed by atoms with van der Waals surface area (Å²) in [5.74, 6) is 0.0720. The largest absolute Gasteiger partial charge is 0.356 e. The fraction of sp³-hybridized carbons (Fsp3) is 0.467. The summed E-state index contributed by atoms with van der Waals surface area (Å²) >= 11 is 9.32. The lowest BCUT2D eigenvalue weighted by Crippen LogP contribution is -2.43. The van der Waals surface area contributed by atoms with E-state index < -0.39 is 0 Å². The zero-order chi connectivity index (χ0) is 15.4. The van der Waals surface area contributed by atoms with Crippen LogP contribution in [0, 0.1) is 5.92 Å². The zero-order valence-electron chi connectivity index (χ0n) is 11.9. The van der Waals surface area contributed by atoms with E-state index in [1.807, 2.05) is 6.92 Å². The average molecular weight is 374 g/mol. The molecule has 1 aromatic carbocycles. The van der Waals surface area contributed by atoms with Crippen molar-refractivity contribution in [3.63, 3.8) is 0 Å². The third-order valence-corrected chi connectivity index (χ3v) is 4.29. The molecule has 2 rings (SSSR count). The van der Waals surface area contributed by atoms with Crippen molar-refractivity contribution in [2.24, 2.45) is 5.92 Å². The fourth-order valence-electron chi connectivity index (χ4n) is 2.52. The Morgan fingerprint density at radius 2 is 2.00 bits per heavy atom. The van der Waals surface area contributed by atoms with E-state index in [0.29, 0.717) is 43.1 Å². The average Bonchev–Trinajstić information content (AvgIpc) is 2.46. The van der Waals surface area contributed by atoms with Crippen molar-refractivity contribution < 1.29 is 9.59 Å². The van der Waals surface area contributed by atoms with Gasteiger partial charge in [-0.2, -0.15) is 0 Å². The van der Waals surface area contributed by atoms with E-state index in [1.165, 1.54) is 0 Å². The number of nitrogens with one attached hydrogen (secondary N) is 1. The van der Waals surface area contributed by atoms with Crippen LogP contribution in [-0.2, 0) is 4.79 Å². The summed E-state index contributed by atoms with van der Waals surface area (Å²) in [6, 6.07) is 5.19. The molecular formula is C15H18BrClN2O2. The maximum Gasteiger partial charge on any atom is 0.253 e. The van der Waals surface area contributed by atoms with Crippen molar-refractivity contribution >= 4 is 39.3 Å². The van der Waals surface area contributed by atoms with Gasteiger partial charge < -0.3 is 10.2 Å². The first-order valence-corrected chi connectivity index (χ1v) is 8.21. The Bertz CT molecular complexity index is 522. The Balaban J connectivity index is 1.98. The number of amides is 2. The topological polar surface area (TPSA) is 49.4 Å². The Hall–Kier alpha value is -1.07. The molecule has 6 heteroatoms. The number of hydrogen-bond donors (Lipinski definition) is 1. The molecule has 1 saturated heterocycles. The van der Waals surface area contributed by atoms with Gasteiger partial charge >= 0.3 is 0 Å². The summed E-state index contributed by atoms with van der Waals surface area (Å²) in [6.07, 6.45) is 1.42. The third kappa shape index (κ3) is 4.20. The summed E-state index contributed by atoms with van der Waals surface area (Å²) in [7, 11) is 0. The summed E-state index contributed by atoms with van der Waals surface area (Å²) in [5, 5.41) is 3.37. The maximum atomic E-state index is 12.5. The van der Waals surface area contributed by atoms with Crippen LogP contribution in [0.4, 0.5) is 0 Å². The van der Waals surface area contributed by atoms with Gasteiger partial charge in [0.25, 0.3) is 5.91 Å². The molecule has 21 heavy (non-hydrogen) atoms. The monoisotopic (exact) mass is 372 g/mol. The second-order valence-corrected chi connectivity index (χ2v) is 6.47. The van der Waals surface area contributed by atoms with Crippen molar-refractivity contribution in [2.75, 3.05) is 19.6 Å². The van der Waals surface area contributed by atoms with Crippen LogP contribution in [0.2, 0.25) is 5.02 Å². The van der Waals surface area contributed by atoms with E-state index in [4.69, 9.17) is 11.6 Å². The van der Waals surface area contributed by atoms with Crippen molar-refractivity contribution in [1.82, 2.24) is 10.2 Å². The molecule has 0 aromatic heterocycles. The predicted octanol–water partition coefficient (Wildman–Crippen LogP) is 3.09. The quantitative estimate of drug-likeness (QED) is 0.885. The smallest absolute Gasteiger partial charge is 0.253 e. The maximum absolute atomic E-state index is 12.5. The van der Waals surface area contributed by atoms with Gasteiger partial charge in [-0.1, -0.05) is 27.5 Å². The van der Waals surface area contributed by atoms with Crippen molar-refractivity contribution in [2.45, 2.75) is 19.8 Å². The van der Waals surface area contributed by atoms with Crippen LogP contribution in [0.1, 0.15) is 30.1 Å². The van der Waals surface area contributed by atoms with E-state index in [2.05, 4.69) is 21.2 Å². The van der Waals surface area contributed by atoms with Crippen molar-refractivity contribution in [3.05, 3.63) is 33.3 Å². The Morgan fingerprint density at radius 3 is 2.57 bits per heavy atom. The summed E-state index contributed by atoms with van der Waals surface area (Å²) < 4.78 is 0.788. The number of halogens is 2. The van der Waals surface area contributed by atoms with Crippen LogP contribution in [0.3, 0.4) is 0 Å². The molecule has 0 unspecified atom stereocenters. The first-order chi connectivity index (χ1) is 10.0. The van der Waals surface area contributed by atoms with Gasteiger partial charge in [-0.15, -0.1) is 0 Å².